The van der Waals surface area contributed by atoms with E-state index in [1.807, 2.05) is 0 Å². The van der Waals surface area contributed by atoms with Gasteiger partial charge in [0.05, 0.1) is 11.1 Å². The molecule has 0 aliphatic heterocycles. The van der Waals surface area contributed by atoms with Crippen molar-refractivity contribution in [2.24, 2.45) is 11.1 Å². The third-order valence-corrected chi connectivity index (χ3v) is 4.13. The third-order valence-electron chi connectivity index (χ3n) is 3.85. The molecule has 4 heteroatoms. The maximum Gasteiger partial charge on any atom is 0.141 e. The Bertz CT molecular complexity index is 404. The number of rotatable bonds is 3. The first-order valence-electron chi connectivity index (χ1n) is 5.92. The van der Waals surface area contributed by atoms with Gasteiger partial charge in [0.1, 0.15) is 5.82 Å². The van der Waals surface area contributed by atoms with E-state index >= 15 is 0 Å². The van der Waals surface area contributed by atoms with E-state index in [0.717, 1.165) is 25.7 Å². The Kier molecular flexibility index (Phi) is 3.71. The smallest absolute Gasteiger partial charge is 0.141 e. The van der Waals surface area contributed by atoms with Gasteiger partial charge in [-0.05, 0) is 30.5 Å². The summed E-state index contributed by atoms with van der Waals surface area (Å²) in [4.78, 5) is 0. The highest BCUT2D eigenvalue weighted by Crippen LogP contribution is 2.47. The van der Waals surface area contributed by atoms with Crippen LogP contribution in [0.4, 0.5) is 4.39 Å². The van der Waals surface area contributed by atoms with Crippen LogP contribution in [0.2, 0.25) is 5.02 Å². The van der Waals surface area contributed by atoms with Gasteiger partial charge in [0.2, 0.25) is 0 Å². The summed E-state index contributed by atoms with van der Waals surface area (Å²) >= 11 is 5.74. The molecule has 0 saturated heterocycles. The van der Waals surface area contributed by atoms with Gasteiger partial charge in [-0.25, -0.2) is 4.39 Å². The number of hydrogen-bond donors (Lipinski definition) is 2. The molecule has 94 valence electrons. The normalized spacial score (nSPS) is 20.5. The second-order valence-corrected chi connectivity index (χ2v) is 5.26. The van der Waals surface area contributed by atoms with Crippen LogP contribution >= 0.6 is 11.6 Å². The fourth-order valence-corrected chi connectivity index (χ4v) is 2.89. The number of aliphatic hydroxyl groups is 1. The molecule has 2 rings (SSSR count). The van der Waals surface area contributed by atoms with Crippen molar-refractivity contribution in [2.75, 3.05) is 6.54 Å². The number of halogens is 2. The second kappa shape index (κ2) is 4.92. The quantitative estimate of drug-likeness (QED) is 0.874. The molecule has 1 saturated carbocycles. The Morgan fingerprint density at radius 2 is 2.06 bits per heavy atom. The second-order valence-electron chi connectivity index (χ2n) is 4.85. The Balaban J connectivity index is 2.29. The van der Waals surface area contributed by atoms with Crippen molar-refractivity contribution in [3.8, 4) is 0 Å². The molecule has 1 aromatic rings. The Morgan fingerprint density at radius 3 is 2.59 bits per heavy atom. The molecular formula is C13H17ClFNO. The van der Waals surface area contributed by atoms with Gasteiger partial charge < -0.3 is 10.8 Å². The summed E-state index contributed by atoms with van der Waals surface area (Å²) in [5.41, 5.74) is 6.20. The monoisotopic (exact) mass is 257 g/mol. The molecule has 0 aromatic heterocycles. The van der Waals surface area contributed by atoms with Gasteiger partial charge in [0.25, 0.3) is 0 Å². The van der Waals surface area contributed by atoms with Crippen molar-refractivity contribution in [3.05, 3.63) is 34.6 Å². The predicted octanol–water partition coefficient (Wildman–Crippen LogP) is 3.03. The Hall–Kier alpha value is -0.640. The van der Waals surface area contributed by atoms with Crippen molar-refractivity contribution in [1.29, 1.82) is 0 Å². The highest BCUT2D eigenvalue weighted by molar-refractivity contribution is 6.30. The Morgan fingerprint density at radius 1 is 1.41 bits per heavy atom. The highest BCUT2D eigenvalue weighted by Gasteiger charge is 2.40. The molecule has 1 fully saturated rings. The molecule has 2 nitrogen and oxygen atoms in total. The minimum absolute atomic E-state index is 0.0479. The lowest BCUT2D eigenvalue weighted by Gasteiger charge is -2.33. The predicted molar refractivity (Wildman–Crippen MR) is 66.3 cm³/mol. The van der Waals surface area contributed by atoms with Crippen molar-refractivity contribution < 1.29 is 9.50 Å². The van der Waals surface area contributed by atoms with E-state index in [9.17, 15) is 9.50 Å². The van der Waals surface area contributed by atoms with Gasteiger partial charge in [0, 0.05) is 12.0 Å². The highest BCUT2D eigenvalue weighted by atomic mass is 35.5. The zero-order valence-electron chi connectivity index (χ0n) is 9.63. The SMILES string of the molecule is NCC1(C(O)c2ccc(F)c(Cl)c2)CCCC1. The number of hydrogen-bond acceptors (Lipinski definition) is 2. The first kappa shape index (κ1) is 12.8. The first-order chi connectivity index (χ1) is 8.09. The molecule has 1 atom stereocenters. The van der Waals surface area contributed by atoms with E-state index in [4.69, 9.17) is 17.3 Å². The molecular weight excluding hydrogens is 241 g/mol. The molecule has 17 heavy (non-hydrogen) atoms. The van der Waals surface area contributed by atoms with Crippen LogP contribution in [-0.4, -0.2) is 11.7 Å². The molecule has 0 spiro atoms. The molecule has 1 unspecified atom stereocenters. The van der Waals surface area contributed by atoms with Gasteiger partial charge >= 0.3 is 0 Å². The van der Waals surface area contributed by atoms with E-state index in [0.29, 0.717) is 12.1 Å². The lowest BCUT2D eigenvalue weighted by Crippen LogP contribution is -2.34. The van der Waals surface area contributed by atoms with Crippen molar-refractivity contribution in [2.45, 2.75) is 31.8 Å². The summed E-state index contributed by atoms with van der Waals surface area (Å²) in [5, 5.41) is 10.5. The van der Waals surface area contributed by atoms with Crippen LogP contribution in [0.3, 0.4) is 0 Å². The van der Waals surface area contributed by atoms with Gasteiger partial charge in [-0.3, -0.25) is 0 Å². The van der Waals surface area contributed by atoms with Crippen LogP contribution in [0.15, 0.2) is 18.2 Å². The average Bonchev–Trinajstić information content (AvgIpc) is 2.81. The fourth-order valence-electron chi connectivity index (χ4n) is 2.70. The summed E-state index contributed by atoms with van der Waals surface area (Å²) in [6.07, 6.45) is 3.35. The van der Waals surface area contributed by atoms with Crippen LogP contribution in [0.5, 0.6) is 0 Å². The van der Waals surface area contributed by atoms with E-state index in [-0.39, 0.29) is 10.4 Å². The standard InChI is InChI=1S/C13H17ClFNO/c14-10-7-9(3-4-11(10)15)12(17)13(8-16)5-1-2-6-13/h3-4,7,12,17H,1-2,5-6,8,16H2. The van der Waals surface area contributed by atoms with Crippen molar-refractivity contribution >= 4 is 11.6 Å². The van der Waals surface area contributed by atoms with Gasteiger partial charge in [-0.15, -0.1) is 0 Å². The van der Waals surface area contributed by atoms with Gasteiger partial charge in [-0.2, -0.15) is 0 Å². The van der Waals surface area contributed by atoms with Crippen LogP contribution < -0.4 is 5.73 Å². The number of aliphatic hydroxyl groups excluding tert-OH is 1. The maximum absolute atomic E-state index is 13.1. The number of benzene rings is 1. The number of nitrogens with two attached hydrogens (primary N) is 1. The molecule has 0 radical (unpaired) electrons. The topological polar surface area (TPSA) is 46.2 Å². The zero-order valence-corrected chi connectivity index (χ0v) is 10.4. The van der Waals surface area contributed by atoms with E-state index in [1.165, 1.54) is 12.1 Å². The van der Waals surface area contributed by atoms with Crippen LogP contribution in [-0.2, 0) is 0 Å². The lowest BCUT2D eigenvalue weighted by atomic mass is 9.77. The minimum atomic E-state index is -0.659. The third kappa shape index (κ3) is 2.32. The van der Waals surface area contributed by atoms with Gasteiger partial charge in [0.15, 0.2) is 0 Å². The summed E-state index contributed by atoms with van der Waals surface area (Å²) in [6.45, 7) is 0.448. The zero-order chi connectivity index (χ0) is 12.5. The molecule has 1 aliphatic rings. The van der Waals surface area contributed by atoms with E-state index in [2.05, 4.69) is 0 Å². The summed E-state index contributed by atoms with van der Waals surface area (Å²) in [6, 6.07) is 4.37. The fraction of sp³-hybridized carbons (Fsp3) is 0.538. The van der Waals surface area contributed by atoms with E-state index < -0.39 is 11.9 Å². The summed E-state index contributed by atoms with van der Waals surface area (Å²) in [7, 11) is 0. The first-order valence-corrected chi connectivity index (χ1v) is 6.30. The Labute approximate surface area is 106 Å². The lowest BCUT2D eigenvalue weighted by molar-refractivity contribution is 0.0333. The molecule has 0 heterocycles. The molecule has 0 bridgehead atoms. The largest absolute Gasteiger partial charge is 0.388 e. The van der Waals surface area contributed by atoms with Crippen LogP contribution in [0.1, 0.15) is 37.4 Å². The van der Waals surface area contributed by atoms with Crippen molar-refractivity contribution in [1.82, 2.24) is 0 Å². The molecule has 3 N–H and O–H groups in total. The molecule has 0 amide bonds. The molecule has 1 aliphatic carbocycles. The van der Waals surface area contributed by atoms with Crippen LogP contribution in [0.25, 0.3) is 0 Å². The summed E-state index contributed by atoms with van der Waals surface area (Å²) < 4.78 is 13.1. The van der Waals surface area contributed by atoms with Crippen LogP contribution in [0, 0.1) is 11.2 Å². The van der Waals surface area contributed by atoms with E-state index in [1.54, 1.807) is 6.07 Å². The maximum atomic E-state index is 13.1. The average molecular weight is 258 g/mol. The van der Waals surface area contributed by atoms with Crippen molar-refractivity contribution in [3.63, 3.8) is 0 Å². The molecule has 1 aromatic carbocycles. The van der Waals surface area contributed by atoms with Gasteiger partial charge in [-0.1, -0.05) is 30.5 Å². The summed E-state index contributed by atoms with van der Waals surface area (Å²) in [5.74, 6) is -0.462. The minimum Gasteiger partial charge on any atom is -0.388 e.